The molecule has 4 nitrogen and oxygen atoms in total. The van der Waals surface area contributed by atoms with Crippen LogP contribution in [-0.2, 0) is 13.0 Å². The summed E-state index contributed by atoms with van der Waals surface area (Å²) in [5.41, 5.74) is 9.54. The van der Waals surface area contributed by atoms with E-state index in [0.29, 0.717) is 5.75 Å². The second kappa shape index (κ2) is 8.29. The van der Waals surface area contributed by atoms with Crippen molar-refractivity contribution in [3.63, 3.8) is 0 Å². The Hall–Kier alpha value is -2.95. The van der Waals surface area contributed by atoms with E-state index in [9.17, 15) is 5.11 Å². The number of likely N-dealkylation sites (N-methyl/N-ethyl adjacent to an activating group) is 1. The molecule has 1 aromatic heterocycles. The van der Waals surface area contributed by atoms with Gasteiger partial charge >= 0.3 is 0 Å². The molecular weight excluding hydrogens is 382 g/mol. The number of phenols is 1. The van der Waals surface area contributed by atoms with Crippen LogP contribution in [0.4, 0.5) is 0 Å². The van der Waals surface area contributed by atoms with E-state index in [2.05, 4.69) is 60.2 Å². The number of allylic oxidation sites excluding steroid dienone is 1. The fourth-order valence-corrected chi connectivity index (χ4v) is 4.71. The summed E-state index contributed by atoms with van der Waals surface area (Å²) in [6.45, 7) is 7.74. The van der Waals surface area contributed by atoms with E-state index in [0.717, 1.165) is 56.0 Å². The summed E-state index contributed by atoms with van der Waals surface area (Å²) in [5, 5.41) is 9.95. The van der Waals surface area contributed by atoms with Gasteiger partial charge in [-0.25, -0.2) is 0 Å². The first-order valence-electron chi connectivity index (χ1n) is 11.1. The molecule has 2 heterocycles. The van der Waals surface area contributed by atoms with Crippen LogP contribution in [0.1, 0.15) is 29.3 Å². The van der Waals surface area contributed by atoms with E-state index < -0.39 is 0 Å². The maximum atomic E-state index is 9.95. The number of fused-ring (bicyclic) bond motifs is 1. The molecule has 1 aliphatic heterocycles. The van der Waals surface area contributed by atoms with Crippen LogP contribution in [0.15, 0.2) is 66.4 Å². The normalized spacial score (nSPS) is 17.2. The second-order valence-electron chi connectivity index (χ2n) is 8.88. The van der Waals surface area contributed by atoms with Gasteiger partial charge in [0.25, 0.3) is 0 Å². The van der Waals surface area contributed by atoms with E-state index >= 15 is 0 Å². The van der Waals surface area contributed by atoms with Crippen LogP contribution in [0.25, 0.3) is 16.7 Å². The largest absolute Gasteiger partial charge is 0.508 e. The molecule has 1 N–H and O–H groups in total. The van der Waals surface area contributed by atoms with Crippen molar-refractivity contribution in [2.24, 2.45) is 0 Å². The summed E-state index contributed by atoms with van der Waals surface area (Å²) < 4.78 is 0. The number of hydrogen-bond donors (Lipinski definition) is 1. The van der Waals surface area contributed by atoms with Gasteiger partial charge in [-0.3, -0.25) is 9.88 Å². The number of piperazine rings is 1. The summed E-state index contributed by atoms with van der Waals surface area (Å²) in [6.07, 6.45) is 2.86. The molecule has 0 radical (unpaired) electrons. The monoisotopic (exact) mass is 411 g/mol. The maximum Gasteiger partial charge on any atom is 0.116 e. The predicted molar refractivity (Wildman–Crippen MR) is 126 cm³/mol. The first kappa shape index (κ1) is 20.0. The minimum absolute atomic E-state index is 0.298. The van der Waals surface area contributed by atoms with Crippen LogP contribution in [0.3, 0.4) is 0 Å². The van der Waals surface area contributed by atoms with Gasteiger partial charge in [0, 0.05) is 56.5 Å². The number of rotatable bonds is 4. The van der Waals surface area contributed by atoms with Crippen molar-refractivity contribution < 1.29 is 5.11 Å². The standard InChI is InChI=1S/C27H29N3O/c1-19-14-26-25(27(19)22-4-3-5-24(31)15-22)16-23(17-28-26)21-8-6-20(7-9-21)18-30-12-10-29(2)11-13-30/h3-9,15-17,31H,10-14,18H2,1-2H3. The van der Waals surface area contributed by atoms with E-state index in [-0.39, 0.29) is 0 Å². The third kappa shape index (κ3) is 4.14. The number of pyridine rings is 1. The van der Waals surface area contributed by atoms with E-state index in [1.54, 1.807) is 6.07 Å². The Labute approximate surface area is 184 Å². The quantitative estimate of drug-likeness (QED) is 0.682. The van der Waals surface area contributed by atoms with Gasteiger partial charge in [0.1, 0.15) is 5.75 Å². The van der Waals surface area contributed by atoms with Crippen LogP contribution >= 0.6 is 0 Å². The number of benzene rings is 2. The maximum absolute atomic E-state index is 9.95. The minimum Gasteiger partial charge on any atom is -0.508 e. The molecule has 3 aromatic rings. The second-order valence-corrected chi connectivity index (χ2v) is 8.88. The lowest BCUT2D eigenvalue weighted by Crippen LogP contribution is -2.43. The molecule has 2 aliphatic rings. The Morgan fingerprint density at radius 1 is 0.903 bits per heavy atom. The highest BCUT2D eigenvalue weighted by molar-refractivity contribution is 5.88. The molecule has 0 spiro atoms. The zero-order chi connectivity index (χ0) is 21.4. The molecule has 1 aliphatic carbocycles. The SMILES string of the molecule is CC1=C(c2cccc(O)c2)c2cc(-c3ccc(CN4CCN(C)CC4)cc3)cnc2C1. The topological polar surface area (TPSA) is 39.6 Å². The van der Waals surface area contributed by atoms with Gasteiger partial charge in [-0.05, 0) is 54.4 Å². The average molecular weight is 412 g/mol. The Morgan fingerprint density at radius 3 is 2.42 bits per heavy atom. The number of hydrogen-bond acceptors (Lipinski definition) is 4. The van der Waals surface area contributed by atoms with Crippen LogP contribution in [0.5, 0.6) is 5.75 Å². The molecule has 5 rings (SSSR count). The Balaban J connectivity index is 1.39. The van der Waals surface area contributed by atoms with Gasteiger partial charge in [0.15, 0.2) is 0 Å². The third-order valence-corrected chi connectivity index (χ3v) is 6.52. The van der Waals surface area contributed by atoms with Crippen LogP contribution in [-0.4, -0.2) is 53.1 Å². The van der Waals surface area contributed by atoms with Crippen molar-refractivity contribution in [1.29, 1.82) is 0 Å². The van der Waals surface area contributed by atoms with E-state index in [1.165, 1.54) is 27.8 Å². The lowest BCUT2D eigenvalue weighted by atomic mass is 9.96. The fraction of sp³-hybridized carbons (Fsp3) is 0.296. The number of phenolic OH excluding ortho intramolecular Hbond substituents is 1. The molecule has 158 valence electrons. The number of nitrogens with zero attached hydrogens (tertiary/aromatic N) is 3. The molecule has 1 saturated heterocycles. The third-order valence-electron chi connectivity index (χ3n) is 6.52. The lowest BCUT2D eigenvalue weighted by molar-refractivity contribution is 0.148. The van der Waals surface area contributed by atoms with Crippen molar-refractivity contribution in [1.82, 2.24) is 14.8 Å². The Morgan fingerprint density at radius 2 is 1.68 bits per heavy atom. The summed E-state index contributed by atoms with van der Waals surface area (Å²) in [4.78, 5) is 9.71. The molecule has 0 saturated carbocycles. The highest BCUT2D eigenvalue weighted by Crippen LogP contribution is 2.39. The van der Waals surface area contributed by atoms with E-state index in [1.807, 2.05) is 18.3 Å². The first-order chi connectivity index (χ1) is 15.1. The summed E-state index contributed by atoms with van der Waals surface area (Å²) >= 11 is 0. The predicted octanol–water partition coefficient (Wildman–Crippen LogP) is 4.58. The minimum atomic E-state index is 0.298. The first-order valence-corrected chi connectivity index (χ1v) is 11.1. The number of aromatic hydroxyl groups is 1. The van der Waals surface area contributed by atoms with Crippen molar-refractivity contribution >= 4 is 5.57 Å². The Kier molecular flexibility index (Phi) is 5.34. The van der Waals surface area contributed by atoms with Crippen molar-refractivity contribution in [3.8, 4) is 16.9 Å². The zero-order valence-corrected chi connectivity index (χ0v) is 18.3. The molecule has 0 bridgehead atoms. The van der Waals surface area contributed by atoms with Gasteiger partial charge < -0.3 is 10.0 Å². The Bertz CT molecular complexity index is 1130. The molecule has 0 unspecified atom stereocenters. The van der Waals surface area contributed by atoms with Crippen molar-refractivity contribution in [2.45, 2.75) is 19.9 Å². The summed E-state index contributed by atoms with van der Waals surface area (Å²) in [5.74, 6) is 0.298. The van der Waals surface area contributed by atoms with Crippen LogP contribution in [0, 0.1) is 0 Å². The zero-order valence-electron chi connectivity index (χ0n) is 18.3. The van der Waals surface area contributed by atoms with Gasteiger partial charge in [-0.1, -0.05) is 42.0 Å². The molecule has 4 heteroatoms. The molecule has 2 aromatic carbocycles. The highest BCUT2D eigenvalue weighted by atomic mass is 16.3. The fourth-order valence-electron chi connectivity index (χ4n) is 4.71. The lowest BCUT2D eigenvalue weighted by Gasteiger charge is -2.32. The smallest absolute Gasteiger partial charge is 0.116 e. The van der Waals surface area contributed by atoms with Crippen LogP contribution in [0.2, 0.25) is 0 Å². The van der Waals surface area contributed by atoms with E-state index in [4.69, 9.17) is 4.98 Å². The summed E-state index contributed by atoms with van der Waals surface area (Å²) in [6, 6.07) is 18.7. The molecule has 0 atom stereocenters. The average Bonchev–Trinajstić information content (AvgIpc) is 3.11. The molecule has 0 amide bonds. The van der Waals surface area contributed by atoms with Gasteiger partial charge in [-0.15, -0.1) is 0 Å². The van der Waals surface area contributed by atoms with Crippen molar-refractivity contribution in [2.75, 3.05) is 33.2 Å². The highest BCUT2D eigenvalue weighted by Gasteiger charge is 2.22. The number of aromatic nitrogens is 1. The van der Waals surface area contributed by atoms with Gasteiger partial charge in [-0.2, -0.15) is 0 Å². The molecular formula is C27H29N3O. The summed E-state index contributed by atoms with van der Waals surface area (Å²) in [7, 11) is 2.19. The van der Waals surface area contributed by atoms with Gasteiger partial charge in [0.05, 0.1) is 5.69 Å². The molecule has 1 fully saturated rings. The molecule has 31 heavy (non-hydrogen) atoms. The van der Waals surface area contributed by atoms with Gasteiger partial charge in [0.2, 0.25) is 0 Å². The van der Waals surface area contributed by atoms with Crippen molar-refractivity contribution in [3.05, 3.63) is 88.8 Å². The van der Waals surface area contributed by atoms with Crippen LogP contribution < -0.4 is 0 Å².